The molecule has 71 heavy (non-hydrogen) atoms. The molecule has 0 N–H and O–H groups in total. The van der Waals surface area contributed by atoms with Crippen molar-refractivity contribution in [3.8, 4) is 67.5 Å². The van der Waals surface area contributed by atoms with Crippen molar-refractivity contribution in [1.29, 1.82) is 0 Å². The highest BCUT2D eigenvalue weighted by Gasteiger charge is 2.53. The van der Waals surface area contributed by atoms with Gasteiger partial charge in [0.2, 0.25) is 0 Å². The van der Waals surface area contributed by atoms with E-state index in [1.165, 1.54) is 33.4 Å². The highest BCUT2D eigenvalue weighted by molar-refractivity contribution is 5.98. The summed E-state index contributed by atoms with van der Waals surface area (Å²) in [5.74, 6) is 2.78. The summed E-state index contributed by atoms with van der Waals surface area (Å²) < 4.78 is 14.3. The molecule has 1 heterocycles. The number of anilines is 6. The summed E-state index contributed by atoms with van der Waals surface area (Å²) >= 11 is 0. The van der Waals surface area contributed by atoms with E-state index in [-0.39, 0.29) is 0 Å². The zero-order valence-electron chi connectivity index (χ0n) is 38.6. The standard InChI is InChI=1S/C67H44N2O2/c1-5-19-47(20-6-1)68(48-21-7-2-8-22-48)51-37-33-45(34-38-51)56-43-63-64(44-57(56)46-35-39-52(40-36-46)69(49-23-9-3-10-24-49)50-25-11-4-12-26-50)71-66-62(70-63)42-41-61-65(66)55-29-15-18-32-60(55)67(61)58-30-16-13-27-53(58)54-28-14-17-31-59(54)67/h1-44H. The molecule has 11 aromatic carbocycles. The van der Waals surface area contributed by atoms with E-state index in [0.717, 1.165) is 73.3 Å². The zero-order chi connectivity index (χ0) is 46.9. The molecule has 0 radical (unpaired) electrons. The Balaban J connectivity index is 0.919. The van der Waals surface area contributed by atoms with Gasteiger partial charge in [-0.3, -0.25) is 0 Å². The van der Waals surface area contributed by atoms with Crippen LogP contribution in [-0.4, -0.2) is 0 Å². The number of para-hydroxylation sites is 4. The van der Waals surface area contributed by atoms with Gasteiger partial charge >= 0.3 is 0 Å². The number of hydrogen-bond acceptors (Lipinski definition) is 4. The molecule has 1 aliphatic heterocycles. The molecule has 0 atom stereocenters. The van der Waals surface area contributed by atoms with Crippen molar-refractivity contribution in [1.82, 2.24) is 0 Å². The molecule has 3 aliphatic rings. The van der Waals surface area contributed by atoms with Crippen LogP contribution < -0.4 is 19.3 Å². The first-order valence-electron chi connectivity index (χ1n) is 24.2. The van der Waals surface area contributed by atoms with E-state index >= 15 is 0 Å². The van der Waals surface area contributed by atoms with Crippen molar-refractivity contribution in [3.05, 3.63) is 289 Å². The van der Waals surface area contributed by atoms with Gasteiger partial charge in [-0.05, 0) is 152 Å². The number of fused-ring (bicyclic) bond motifs is 13. The lowest BCUT2D eigenvalue weighted by molar-refractivity contribution is 0.361. The van der Waals surface area contributed by atoms with Gasteiger partial charge < -0.3 is 19.3 Å². The Bertz CT molecular complexity index is 3670. The van der Waals surface area contributed by atoms with E-state index in [1.54, 1.807) is 0 Å². The lowest BCUT2D eigenvalue weighted by Gasteiger charge is -2.31. The van der Waals surface area contributed by atoms with Crippen LogP contribution in [0.15, 0.2) is 267 Å². The predicted octanol–water partition coefficient (Wildman–Crippen LogP) is 18.2. The van der Waals surface area contributed by atoms with Crippen LogP contribution in [0.2, 0.25) is 0 Å². The highest BCUT2D eigenvalue weighted by atomic mass is 16.6. The molecule has 4 nitrogen and oxygen atoms in total. The minimum Gasteiger partial charge on any atom is -0.449 e. The number of benzene rings is 11. The van der Waals surface area contributed by atoms with Crippen LogP contribution in [0, 0.1) is 0 Å². The summed E-state index contributed by atoms with van der Waals surface area (Å²) in [6, 6.07) is 95.2. The summed E-state index contributed by atoms with van der Waals surface area (Å²) in [4.78, 5) is 4.58. The topological polar surface area (TPSA) is 24.9 Å². The lowest BCUT2D eigenvalue weighted by Crippen LogP contribution is -2.25. The predicted molar refractivity (Wildman–Crippen MR) is 290 cm³/mol. The molecule has 334 valence electrons. The Morgan fingerprint density at radius 2 is 0.606 bits per heavy atom. The number of ether oxygens (including phenoxy) is 2. The third-order valence-corrected chi connectivity index (χ3v) is 14.5. The maximum atomic E-state index is 7.30. The van der Waals surface area contributed by atoms with Gasteiger partial charge in [-0.25, -0.2) is 0 Å². The number of nitrogens with zero attached hydrogens (tertiary/aromatic N) is 2. The SMILES string of the molecule is c1ccc(N(c2ccccc2)c2ccc(-c3cc4c(cc3-c3ccc(N(c5ccccc5)c5ccccc5)cc3)Oc3c(ccc5c3-c3ccccc3C53c5ccccc5-c5ccccc53)O4)cc2)cc1. The van der Waals surface area contributed by atoms with Crippen LogP contribution >= 0.6 is 0 Å². The third kappa shape index (κ3) is 6.39. The van der Waals surface area contributed by atoms with Crippen molar-refractivity contribution in [2.75, 3.05) is 9.80 Å². The molecule has 14 rings (SSSR count). The Morgan fingerprint density at radius 3 is 1.04 bits per heavy atom. The molecule has 11 aromatic rings. The normalized spacial score (nSPS) is 12.8. The van der Waals surface area contributed by atoms with Gasteiger partial charge in [0.1, 0.15) is 0 Å². The maximum Gasteiger partial charge on any atom is 0.178 e. The first-order valence-corrected chi connectivity index (χ1v) is 24.2. The highest BCUT2D eigenvalue weighted by Crippen LogP contribution is 2.66. The second-order valence-electron chi connectivity index (χ2n) is 18.4. The molecule has 0 aromatic heterocycles. The summed E-state index contributed by atoms with van der Waals surface area (Å²) in [6.45, 7) is 0. The van der Waals surface area contributed by atoms with Crippen LogP contribution in [0.1, 0.15) is 22.3 Å². The quantitative estimate of drug-likeness (QED) is 0.152. The minimum atomic E-state index is -0.495. The lowest BCUT2D eigenvalue weighted by atomic mass is 9.70. The van der Waals surface area contributed by atoms with E-state index in [4.69, 9.17) is 9.47 Å². The van der Waals surface area contributed by atoms with Gasteiger partial charge in [-0.15, -0.1) is 0 Å². The van der Waals surface area contributed by atoms with Crippen LogP contribution in [0.3, 0.4) is 0 Å². The average Bonchev–Trinajstić information content (AvgIpc) is 3.92. The van der Waals surface area contributed by atoms with Crippen molar-refractivity contribution in [3.63, 3.8) is 0 Å². The summed E-state index contributed by atoms with van der Waals surface area (Å²) in [7, 11) is 0. The Morgan fingerprint density at radius 1 is 0.254 bits per heavy atom. The molecular weight excluding hydrogens is 865 g/mol. The molecule has 0 amide bonds. The molecule has 0 fully saturated rings. The number of rotatable bonds is 8. The van der Waals surface area contributed by atoms with Crippen LogP contribution in [0.5, 0.6) is 23.0 Å². The molecule has 4 heteroatoms. The van der Waals surface area contributed by atoms with Crippen LogP contribution in [-0.2, 0) is 5.41 Å². The fourth-order valence-electron chi connectivity index (χ4n) is 11.5. The molecule has 0 saturated heterocycles. The smallest absolute Gasteiger partial charge is 0.178 e. The van der Waals surface area contributed by atoms with E-state index < -0.39 is 5.41 Å². The minimum absolute atomic E-state index is 0.495. The van der Waals surface area contributed by atoms with E-state index in [9.17, 15) is 0 Å². The third-order valence-electron chi connectivity index (χ3n) is 14.5. The first kappa shape index (κ1) is 40.7. The Labute approximate surface area is 413 Å². The van der Waals surface area contributed by atoms with Gasteiger partial charge in [-0.2, -0.15) is 0 Å². The number of hydrogen-bond donors (Lipinski definition) is 0. The van der Waals surface area contributed by atoms with Crippen LogP contribution in [0.4, 0.5) is 34.1 Å². The van der Waals surface area contributed by atoms with Crippen LogP contribution in [0.25, 0.3) is 44.5 Å². The summed E-state index contributed by atoms with van der Waals surface area (Å²) in [5.41, 5.74) is 20.0. The second kappa shape index (κ2) is 16.4. The van der Waals surface area contributed by atoms with Gasteiger partial charge in [0, 0.05) is 39.7 Å². The molecule has 2 aliphatic carbocycles. The second-order valence-corrected chi connectivity index (χ2v) is 18.4. The van der Waals surface area contributed by atoms with Crippen molar-refractivity contribution >= 4 is 34.1 Å². The van der Waals surface area contributed by atoms with Crippen molar-refractivity contribution in [2.24, 2.45) is 0 Å². The van der Waals surface area contributed by atoms with Crippen molar-refractivity contribution in [2.45, 2.75) is 5.41 Å². The maximum absolute atomic E-state index is 7.30. The van der Waals surface area contributed by atoms with E-state index in [1.807, 2.05) is 0 Å². The van der Waals surface area contributed by atoms with Gasteiger partial charge in [0.15, 0.2) is 23.0 Å². The molecular formula is C67H44N2O2. The van der Waals surface area contributed by atoms with E-state index in [2.05, 4.69) is 277 Å². The summed E-state index contributed by atoms with van der Waals surface area (Å²) in [5, 5.41) is 0. The molecule has 0 unspecified atom stereocenters. The van der Waals surface area contributed by atoms with Gasteiger partial charge in [0.05, 0.1) is 5.41 Å². The fraction of sp³-hybridized carbons (Fsp3) is 0.0149. The fourth-order valence-corrected chi connectivity index (χ4v) is 11.5. The average molecular weight is 909 g/mol. The Hall–Kier alpha value is -9.38. The van der Waals surface area contributed by atoms with Gasteiger partial charge in [-0.1, -0.05) is 176 Å². The van der Waals surface area contributed by atoms with Crippen molar-refractivity contribution < 1.29 is 9.47 Å². The largest absolute Gasteiger partial charge is 0.449 e. The van der Waals surface area contributed by atoms with E-state index in [0.29, 0.717) is 17.2 Å². The molecule has 0 saturated carbocycles. The Kier molecular flexibility index (Phi) is 9.39. The monoisotopic (exact) mass is 908 g/mol. The molecule has 1 spiro atoms. The first-order chi connectivity index (χ1) is 35.2. The molecule has 0 bridgehead atoms. The summed E-state index contributed by atoms with van der Waals surface area (Å²) in [6.07, 6.45) is 0. The van der Waals surface area contributed by atoms with Gasteiger partial charge in [0.25, 0.3) is 0 Å². The zero-order valence-corrected chi connectivity index (χ0v) is 38.6.